The van der Waals surface area contributed by atoms with Gasteiger partial charge in [-0.1, -0.05) is 6.07 Å². The molecule has 7 heteroatoms. The zero-order chi connectivity index (χ0) is 15.7. The van der Waals surface area contributed by atoms with Crippen molar-refractivity contribution < 1.29 is 29.0 Å². The van der Waals surface area contributed by atoms with Crippen LogP contribution in [0.5, 0.6) is 5.75 Å². The first kappa shape index (κ1) is 16.5. The lowest BCUT2D eigenvalue weighted by Gasteiger charge is -2.07. The lowest BCUT2D eigenvalue weighted by atomic mass is 10.2. The minimum atomic E-state index is -0.901. The normalized spacial score (nSPS) is 9.76. The SMILES string of the molecule is COC(=O)COc1cccc(C(=O)NCCCC(=O)O)c1. The summed E-state index contributed by atoms with van der Waals surface area (Å²) in [4.78, 5) is 33.1. The van der Waals surface area contributed by atoms with Gasteiger partial charge in [-0.05, 0) is 24.6 Å². The number of rotatable bonds is 8. The van der Waals surface area contributed by atoms with Crippen LogP contribution in [0.2, 0.25) is 0 Å². The van der Waals surface area contributed by atoms with E-state index in [1.165, 1.54) is 13.2 Å². The Hall–Kier alpha value is -2.57. The van der Waals surface area contributed by atoms with Gasteiger partial charge >= 0.3 is 11.9 Å². The number of carboxylic acids is 1. The van der Waals surface area contributed by atoms with Crippen LogP contribution in [-0.2, 0) is 14.3 Å². The molecule has 2 N–H and O–H groups in total. The molecule has 0 aliphatic carbocycles. The molecule has 0 heterocycles. The molecule has 1 rings (SSSR count). The summed E-state index contributed by atoms with van der Waals surface area (Å²) in [6.45, 7) is 0.0402. The summed E-state index contributed by atoms with van der Waals surface area (Å²) in [6.07, 6.45) is 0.363. The summed E-state index contributed by atoms with van der Waals surface area (Å²) in [5.41, 5.74) is 0.368. The molecule has 1 amide bonds. The Morgan fingerprint density at radius 1 is 1.29 bits per heavy atom. The zero-order valence-corrected chi connectivity index (χ0v) is 11.6. The molecule has 1 aromatic carbocycles. The van der Waals surface area contributed by atoms with Gasteiger partial charge < -0.3 is 19.9 Å². The Morgan fingerprint density at radius 2 is 2.05 bits per heavy atom. The number of hydrogen-bond acceptors (Lipinski definition) is 5. The van der Waals surface area contributed by atoms with Gasteiger partial charge in [-0.3, -0.25) is 9.59 Å². The molecule has 0 aromatic heterocycles. The van der Waals surface area contributed by atoms with Crippen LogP contribution in [0.4, 0.5) is 0 Å². The van der Waals surface area contributed by atoms with E-state index >= 15 is 0 Å². The molecule has 0 unspecified atom stereocenters. The number of esters is 1. The molecule has 0 bridgehead atoms. The van der Waals surface area contributed by atoms with E-state index in [1.54, 1.807) is 18.2 Å². The molecule has 0 radical (unpaired) electrons. The molecule has 0 atom stereocenters. The minimum absolute atomic E-state index is 0.00254. The highest BCUT2D eigenvalue weighted by atomic mass is 16.6. The monoisotopic (exact) mass is 295 g/mol. The third kappa shape index (κ3) is 6.42. The molecular weight excluding hydrogens is 278 g/mol. The van der Waals surface area contributed by atoms with Crippen molar-refractivity contribution in [1.29, 1.82) is 0 Å². The van der Waals surface area contributed by atoms with E-state index in [0.717, 1.165) is 0 Å². The molecule has 21 heavy (non-hydrogen) atoms. The predicted octanol–water partition coefficient (Wildman–Crippen LogP) is 0.833. The van der Waals surface area contributed by atoms with Gasteiger partial charge in [0.25, 0.3) is 5.91 Å². The molecule has 0 fully saturated rings. The fourth-order valence-electron chi connectivity index (χ4n) is 1.47. The van der Waals surface area contributed by atoms with E-state index in [9.17, 15) is 14.4 Å². The number of amides is 1. The summed E-state index contributed by atoms with van der Waals surface area (Å²) in [6, 6.07) is 6.33. The van der Waals surface area contributed by atoms with Crippen molar-refractivity contribution in [3.05, 3.63) is 29.8 Å². The van der Waals surface area contributed by atoms with Crippen LogP contribution >= 0.6 is 0 Å². The quantitative estimate of drug-likeness (QED) is 0.544. The number of carboxylic acid groups (broad SMARTS) is 1. The van der Waals surface area contributed by atoms with Gasteiger partial charge in [-0.25, -0.2) is 4.79 Å². The summed E-state index contributed by atoms with van der Waals surface area (Å²) in [5, 5.41) is 11.1. The summed E-state index contributed by atoms with van der Waals surface area (Å²) in [5.74, 6) is -1.37. The minimum Gasteiger partial charge on any atom is -0.482 e. The average molecular weight is 295 g/mol. The van der Waals surface area contributed by atoms with Crippen molar-refractivity contribution >= 4 is 17.8 Å². The average Bonchev–Trinajstić information content (AvgIpc) is 2.49. The standard InChI is InChI=1S/C14H17NO6/c1-20-13(18)9-21-11-5-2-4-10(8-11)14(19)15-7-3-6-12(16)17/h2,4-5,8H,3,6-7,9H2,1H3,(H,15,19)(H,16,17). The maximum Gasteiger partial charge on any atom is 0.343 e. The van der Waals surface area contributed by atoms with Crippen molar-refractivity contribution in [3.8, 4) is 5.75 Å². The second kappa shape index (κ2) is 8.57. The van der Waals surface area contributed by atoms with Crippen LogP contribution in [0.25, 0.3) is 0 Å². The second-order valence-corrected chi connectivity index (χ2v) is 4.15. The van der Waals surface area contributed by atoms with Gasteiger partial charge in [0.05, 0.1) is 7.11 Å². The number of carbonyl (C=O) groups is 3. The number of ether oxygens (including phenoxy) is 2. The smallest absolute Gasteiger partial charge is 0.343 e. The highest BCUT2D eigenvalue weighted by molar-refractivity contribution is 5.94. The van der Waals surface area contributed by atoms with E-state index in [1.807, 2.05) is 0 Å². The largest absolute Gasteiger partial charge is 0.482 e. The van der Waals surface area contributed by atoms with E-state index in [-0.39, 0.29) is 25.5 Å². The lowest BCUT2D eigenvalue weighted by molar-refractivity contribution is -0.143. The number of methoxy groups -OCH3 is 1. The maximum atomic E-state index is 11.8. The number of aliphatic carboxylic acids is 1. The van der Waals surface area contributed by atoms with Gasteiger partial charge in [0.15, 0.2) is 6.61 Å². The second-order valence-electron chi connectivity index (χ2n) is 4.15. The van der Waals surface area contributed by atoms with Crippen molar-refractivity contribution in [2.24, 2.45) is 0 Å². The molecule has 0 aliphatic heterocycles. The predicted molar refractivity (Wildman–Crippen MR) is 73.2 cm³/mol. The Kier molecular flexibility index (Phi) is 6.73. The maximum absolute atomic E-state index is 11.8. The first-order valence-electron chi connectivity index (χ1n) is 6.32. The van der Waals surface area contributed by atoms with Crippen LogP contribution < -0.4 is 10.1 Å². The lowest BCUT2D eigenvalue weighted by Crippen LogP contribution is -2.24. The Balaban J connectivity index is 2.48. The Morgan fingerprint density at radius 3 is 2.71 bits per heavy atom. The molecule has 114 valence electrons. The van der Waals surface area contributed by atoms with Crippen molar-refractivity contribution in [1.82, 2.24) is 5.32 Å². The van der Waals surface area contributed by atoms with Crippen LogP contribution in [-0.4, -0.2) is 43.2 Å². The summed E-state index contributed by atoms with van der Waals surface area (Å²) < 4.78 is 9.62. The van der Waals surface area contributed by atoms with Gasteiger partial charge in [-0.15, -0.1) is 0 Å². The van der Waals surface area contributed by atoms with Crippen LogP contribution in [0.1, 0.15) is 23.2 Å². The Labute approximate surface area is 121 Å². The fraction of sp³-hybridized carbons (Fsp3) is 0.357. The highest BCUT2D eigenvalue weighted by Crippen LogP contribution is 2.13. The van der Waals surface area contributed by atoms with E-state index in [2.05, 4.69) is 10.1 Å². The third-order valence-corrected chi connectivity index (χ3v) is 2.53. The fourth-order valence-corrected chi connectivity index (χ4v) is 1.47. The number of benzene rings is 1. The Bertz CT molecular complexity index is 514. The molecule has 0 saturated heterocycles. The van der Waals surface area contributed by atoms with Gasteiger partial charge in [-0.2, -0.15) is 0 Å². The summed E-state index contributed by atoms with van der Waals surface area (Å²) >= 11 is 0. The number of hydrogen-bond donors (Lipinski definition) is 2. The van der Waals surface area contributed by atoms with E-state index < -0.39 is 11.9 Å². The zero-order valence-electron chi connectivity index (χ0n) is 11.6. The third-order valence-electron chi connectivity index (χ3n) is 2.53. The van der Waals surface area contributed by atoms with Gasteiger partial charge in [0.1, 0.15) is 5.75 Å². The number of carbonyl (C=O) groups excluding carboxylic acids is 2. The van der Waals surface area contributed by atoms with Crippen molar-refractivity contribution in [2.75, 3.05) is 20.3 Å². The van der Waals surface area contributed by atoms with Crippen molar-refractivity contribution in [2.45, 2.75) is 12.8 Å². The first-order valence-corrected chi connectivity index (χ1v) is 6.32. The van der Waals surface area contributed by atoms with Crippen LogP contribution in [0.15, 0.2) is 24.3 Å². The van der Waals surface area contributed by atoms with Gasteiger partial charge in [0, 0.05) is 18.5 Å². The molecule has 7 nitrogen and oxygen atoms in total. The topological polar surface area (TPSA) is 102 Å². The van der Waals surface area contributed by atoms with E-state index in [0.29, 0.717) is 17.7 Å². The molecule has 0 spiro atoms. The molecule has 0 aliphatic rings. The molecule has 0 saturated carbocycles. The number of nitrogens with one attached hydrogen (secondary N) is 1. The molecular formula is C14H17NO6. The van der Waals surface area contributed by atoms with E-state index in [4.69, 9.17) is 9.84 Å². The first-order chi connectivity index (χ1) is 10.0. The van der Waals surface area contributed by atoms with Gasteiger partial charge in [0.2, 0.25) is 0 Å². The van der Waals surface area contributed by atoms with Crippen molar-refractivity contribution in [3.63, 3.8) is 0 Å². The highest BCUT2D eigenvalue weighted by Gasteiger charge is 2.08. The van der Waals surface area contributed by atoms with Crippen LogP contribution in [0, 0.1) is 0 Å². The van der Waals surface area contributed by atoms with Crippen LogP contribution in [0.3, 0.4) is 0 Å². The molecule has 1 aromatic rings. The summed E-state index contributed by atoms with van der Waals surface area (Å²) in [7, 11) is 1.26.